The minimum Gasteiger partial charge on any atom is -0.405 e. The van der Waals surface area contributed by atoms with Gasteiger partial charge in [-0.3, -0.25) is 0 Å². The van der Waals surface area contributed by atoms with E-state index in [0.717, 1.165) is 0 Å². The molecule has 0 saturated carbocycles. The number of rotatable bonds is 0. The molecule has 0 atom stereocenters. The Morgan fingerprint density at radius 2 is 0.385 bits per heavy atom. The second-order valence-electron chi connectivity index (χ2n) is 0.567. The molecule has 0 rings (SSSR count). The third-order valence-corrected chi connectivity index (χ3v) is 0. The largest absolute Gasteiger partial charge is 3.00 e. The first-order valence-corrected chi connectivity index (χ1v) is 7.22. The minimum absolute atomic E-state index is 0. The fourth-order valence-electron chi connectivity index (χ4n) is 0. The summed E-state index contributed by atoms with van der Waals surface area (Å²) in [5.41, 5.74) is 0. The molecule has 0 N–H and O–H groups in total. The van der Waals surface area contributed by atoms with E-state index in [2.05, 4.69) is 0 Å². The van der Waals surface area contributed by atoms with Crippen molar-refractivity contribution in [3.05, 3.63) is 0 Å². The molecule has 0 spiro atoms. The Labute approximate surface area is 107 Å². The molecule has 13 heteroatoms. The van der Waals surface area contributed by atoms with E-state index in [1.807, 2.05) is 0 Å². The van der Waals surface area contributed by atoms with Crippen LogP contribution < -0.4 is 37.8 Å². The molecule has 13 heavy (non-hydrogen) atoms. The molecule has 0 radical (unpaired) electrons. The van der Waals surface area contributed by atoms with Gasteiger partial charge in [0.1, 0.15) is 0 Å². The van der Waals surface area contributed by atoms with Crippen molar-refractivity contribution in [1.82, 2.24) is 0 Å². The summed E-state index contributed by atoms with van der Waals surface area (Å²) in [7, 11) is 0. The molecule has 0 aromatic heterocycles. The fourth-order valence-corrected chi connectivity index (χ4v) is 0. The maximum absolute atomic E-state index is 8.52. The van der Waals surface area contributed by atoms with Crippen LogP contribution in [0, 0.1) is 44.4 Å². The monoisotopic (exact) mass is 426 g/mol. The van der Waals surface area contributed by atoms with Gasteiger partial charge in [-0.25, -0.2) is 0 Å². The molecule has 78 valence electrons. The summed E-state index contributed by atoms with van der Waals surface area (Å²) in [6.07, 6.45) is 0. The van der Waals surface area contributed by atoms with Crippen LogP contribution in [0.3, 0.4) is 0 Å². The van der Waals surface area contributed by atoms with Gasteiger partial charge in [-0.05, 0) is 0 Å². The van der Waals surface area contributed by atoms with Crippen molar-refractivity contribution in [1.29, 1.82) is 0 Å². The Kier molecular flexibility index (Phi) is 36.4. The predicted molar refractivity (Wildman–Crippen MR) is 0 cm³/mol. The molecular formula is Br3O9Sc. The summed E-state index contributed by atoms with van der Waals surface area (Å²) < 4.78 is 76.7. The zero-order valence-electron chi connectivity index (χ0n) is 5.39. The Hall–Kier alpha value is 1.95. The van der Waals surface area contributed by atoms with Crippen LogP contribution in [0.4, 0.5) is 0 Å². The first-order valence-electron chi connectivity index (χ1n) is 1.39. The van der Waals surface area contributed by atoms with Crippen molar-refractivity contribution in [3.8, 4) is 0 Å². The number of halogens is 3. The second-order valence-corrected chi connectivity index (χ2v) is 2.95. The SMILES string of the molecule is [O-][Br+2]([O-])[O-].[O-][Br+2]([O-])[O-].[O-][Br+2]([O-])[O-].[Sc+3]. The van der Waals surface area contributed by atoms with Gasteiger partial charge in [0, 0.05) is 0 Å². The number of hydrogen-bond donors (Lipinski definition) is 0. The maximum atomic E-state index is 8.52. The minimum atomic E-state index is -3.65. The van der Waals surface area contributed by atoms with Crippen LogP contribution in [-0.2, 0) is 25.8 Å². The summed E-state index contributed by atoms with van der Waals surface area (Å²) in [5.74, 6) is 0. The second kappa shape index (κ2) is 19.5. The summed E-state index contributed by atoms with van der Waals surface area (Å²) in [4.78, 5) is 0. The molecule has 0 unspecified atom stereocenters. The van der Waals surface area contributed by atoms with E-state index < -0.39 is 44.4 Å². The Balaban J connectivity index is -0.0000000450. The molecule has 0 bridgehead atoms. The molecule has 0 fully saturated rings. The van der Waals surface area contributed by atoms with E-state index >= 15 is 0 Å². The van der Waals surface area contributed by atoms with Crippen LogP contribution in [0.2, 0.25) is 0 Å². The zero-order chi connectivity index (χ0) is 10.7. The molecule has 0 amide bonds. The smallest absolute Gasteiger partial charge is 0.405 e. The summed E-state index contributed by atoms with van der Waals surface area (Å²) in [6.45, 7) is 0. The Morgan fingerprint density at radius 1 is 0.385 bits per heavy atom. The molecule has 9 nitrogen and oxygen atoms in total. The molecule has 0 heterocycles. The third-order valence-electron chi connectivity index (χ3n) is 0. The summed E-state index contributed by atoms with van der Waals surface area (Å²) >= 11 is -10.9. The molecule has 0 saturated heterocycles. The Morgan fingerprint density at radius 3 is 0.385 bits per heavy atom. The molecule has 0 aliphatic carbocycles. The van der Waals surface area contributed by atoms with Gasteiger partial charge in [0.05, 0.1) is 0 Å². The van der Waals surface area contributed by atoms with Gasteiger partial charge in [0.25, 0.3) is 0 Å². The average molecular weight is 429 g/mol. The van der Waals surface area contributed by atoms with Crippen LogP contribution in [0.1, 0.15) is 0 Å². The van der Waals surface area contributed by atoms with E-state index in [4.69, 9.17) is 37.8 Å². The zero-order valence-corrected chi connectivity index (χ0v) is 11.9. The summed E-state index contributed by atoms with van der Waals surface area (Å²) in [6, 6.07) is 0. The fraction of sp³-hybridized carbons (Fsp3) is 0. The van der Waals surface area contributed by atoms with Crippen molar-refractivity contribution < 1.29 is 108 Å². The van der Waals surface area contributed by atoms with Crippen molar-refractivity contribution in [2.24, 2.45) is 0 Å². The van der Waals surface area contributed by atoms with E-state index in [1.54, 1.807) is 0 Å². The summed E-state index contributed by atoms with van der Waals surface area (Å²) in [5, 5.41) is 0. The van der Waals surface area contributed by atoms with Crippen LogP contribution in [0.5, 0.6) is 0 Å². The number of hydrogen-bond acceptors (Lipinski definition) is 9. The molecule has 0 aliphatic rings. The van der Waals surface area contributed by atoms with E-state index in [1.165, 1.54) is 0 Å². The van der Waals surface area contributed by atoms with Crippen LogP contribution in [-0.4, -0.2) is 0 Å². The topological polar surface area (TPSA) is 208 Å². The van der Waals surface area contributed by atoms with Gasteiger partial charge in [-0.2, -0.15) is 0 Å². The first kappa shape index (κ1) is 24.3. The van der Waals surface area contributed by atoms with Crippen LogP contribution >= 0.6 is 0 Å². The van der Waals surface area contributed by atoms with Crippen molar-refractivity contribution in [2.75, 3.05) is 0 Å². The quantitative estimate of drug-likeness (QED) is 0.358. The average Bonchev–Trinajstić information content (AvgIpc) is 1.54. The molecule has 0 aromatic rings. The standard InChI is InChI=1S/3BrO3.Sc/c3*2-1(3)4;/q3*-1;+3. The van der Waals surface area contributed by atoms with Gasteiger partial charge in [0.2, 0.25) is 44.4 Å². The van der Waals surface area contributed by atoms with E-state index in [0.29, 0.717) is 0 Å². The third kappa shape index (κ3) is 524. The van der Waals surface area contributed by atoms with E-state index in [9.17, 15) is 0 Å². The maximum Gasteiger partial charge on any atom is 3.00 e. The van der Waals surface area contributed by atoms with Gasteiger partial charge in [-0.15, -0.1) is 0 Å². The first-order chi connectivity index (χ1) is 5.20. The van der Waals surface area contributed by atoms with Gasteiger partial charge >= 0.3 is 25.8 Å². The van der Waals surface area contributed by atoms with E-state index in [-0.39, 0.29) is 25.8 Å². The molecule has 0 aliphatic heterocycles. The molecule has 0 aromatic carbocycles. The van der Waals surface area contributed by atoms with Crippen molar-refractivity contribution >= 4 is 0 Å². The van der Waals surface area contributed by atoms with Crippen molar-refractivity contribution in [2.45, 2.75) is 0 Å². The van der Waals surface area contributed by atoms with Gasteiger partial charge in [-0.1, -0.05) is 0 Å². The van der Waals surface area contributed by atoms with Gasteiger partial charge < -0.3 is 37.8 Å². The molecular weight excluding hydrogens is 429 g/mol. The van der Waals surface area contributed by atoms with Crippen molar-refractivity contribution in [3.63, 3.8) is 0 Å². The van der Waals surface area contributed by atoms with Crippen LogP contribution in [0.25, 0.3) is 0 Å². The normalized spacial score (nSPS) is 8.31. The Bertz CT molecular complexity index is 43.4. The van der Waals surface area contributed by atoms with Gasteiger partial charge in [0.15, 0.2) is 0 Å². The van der Waals surface area contributed by atoms with Crippen LogP contribution in [0.15, 0.2) is 0 Å². The predicted octanol–water partition coefficient (Wildman–Crippen LogP) is -10.7.